The summed E-state index contributed by atoms with van der Waals surface area (Å²) in [7, 11) is 0. The minimum atomic E-state index is 0.420. The number of fused-ring (bicyclic) bond motifs is 3. The van der Waals surface area contributed by atoms with Crippen LogP contribution in [0.3, 0.4) is 0 Å². The molecule has 1 aliphatic rings. The fourth-order valence-electron chi connectivity index (χ4n) is 3.80. The first-order valence-corrected chi connectivity index (χ1v) is 9.35. The van der Waals surface area contributed by atoms with E-state index in [2.05, 4.69) is 25.2 Å². The lowest BCUT2D eigenvalue weighted by atomic mass is 10.0. The summed E-state index contributed by atoms with van der Waals surface area (Å²) in [5, 5.41) is 4.60. The lowest BCUT2D eigenvalue weighted by molar-refractivity contribution is 0.520. The fraction of sp³-hybridized carbons (Fsp3) is 0.286. The number of anilines is 2. The van der Waals surface area contributed by atoms with Crippen molar-refractivity contribution in [1.29, 1.82) is 0 Å². The van der Waals surface area contributed by atoms with Crippen molar-refractivity contribution in [1.82, 2.24) is 15.0 Å². The molecular weight excluding hydrogens is 338 g/mol. The summed E-state index contributed by atoms with van der Waals surface area (Å²) in [6.45, 7) is 3.86. The fourth-order valence-corrected chi connectivity index (χ4v) is 3.80. The zero-order chi connectivity index (χ0) is 18.2. The van der Waals surface area contributed by atoms with E-state index in [1.165, 1.54) is 0 Å². The zero-order valence-electron chi connectivity index (χ0n) is 15.2. The van der Waals surface area contributed by atoms with Crippen LogP contribution in [0.15, 0.2) is 53.2 Å². The molecule has 0 unspecified atom stereocenters. The van der Waals surface area contributed by atoms with Gasteiger partial charge in [0.2, 0.25) is 0 Å². The number of nitrogens with one attached hydrogen (secondary N) is 1. The monoisotopic (exact) mass is 359 g/mol. The normalized spacial score (nSPS) is 15.5. The second-order valence-corrected chi connectivity index (χ2v) is 7.04. The number of hydrogen-bond donors (Lipinski definition) is 1. The molecular formula is C21H21N5O. The number of furan rings is 1. The third kappa shape index (κ3) is 2.97. The third-order valence-electron chi connectivity index (χ3n) is 5.17. The van der Waals surface area contributed by atoms with Crippen molar-refractivity contribution in [2.45, 2.75) is 25.8 Å². The predicted octanol–water partition coefficient (Wildman–Crippen LogP) is 4.16. The van der Waals surface area contributed by atoms with Crippen molar-refractivity contribution in [2.75, 3.05) is 23.3 Å². The first kappa shape index (κ1) is 16.1. The van der Waals surface area contributed by atoms with Gasteiger partial charge in [0.25, 0.3) is 0 Å². The van der Waals surface area contributed by atoms with Gasteiger partial charge >= 0.3 is 0 Å². The van der Waals surface area contributed by atoms with Crippen molar-refractivity contribution >= 4 is 33.7 Å². The smallest absolute Gasteiger partial charge is 0.196 e. The largest absolute Gasteiger partial charge is 0.450 e. The lowest BCUT2D eigenvalue weighted by Gasteiger charge is -2.33. The minimum Gasteiger partial charge on any atom is -0.450 e. The molecule has 6 nitrogen and oxygen atoms in total. The van der Waals surface area contributed by atoms with E-state index in [1.54, 1.807) is 6.33 Å². The van der Waals surface area contributed by atoms with E-state index in [4.69, 9.17) is 4.42 Å². The summed E-state index contributed by atoms with van der Waals surface area (Å²) >= 11 is 0. The van der Waals surface area contributed by atoms with Crippen LogP contribution in [-0.4, -0.2) is 34.1 Å². The van der Waals surface area contributed by atoms with Gasteiger partial charge < -0.3 is 14.6 Å². The van der Waals surface area contributed by atoms with Crippen LogP contribution in [0.1, 0.15) is 18.5 Å². The maximum atomic E-state index is 6.08. The van der Waals surface area contributed by atoms with Crippen LogP contribution in [0.4, 0.5) is 11.6 Å². The Morgan fingerprint density at radius 3 is 2.74 bits per heavy atom. The van der Waals surface area contributed by atoms with Gasteiger partial charge in [0, 0.05) is 30.2 Å². The Hall–Kier alpha value is -3.15. The van der Waals surface area contributed by atoms with Gasteiger partial charge in [-0.05, 0) is 44.0 Å². The van der Waals surface area contributed by atoms with E-state index in [9.17, 15) is 0 Å². The highest BCUT2D eigenvalue weighted by atomic mass is 16.3. The van der Waals surface area contributed by atoms with Crippen molar-refractivity contribution in [3.8, 4) is 0 Å². The van der Waals surface area contributed by atoms with E-state index in [0.717, 1.165) is 65.3 Å². The summed E-state index contributed by atoms with van der Waals surface area (Å²) in [6.07, 6.45) is 3.70. The topological polar surface area (TPSA) is 67.1 Å². The highest BCUT2D eigenvalue weighted by molar-refractivity contribution is 6.05. The summed E-state index contributed by atoms with van der Waals surface area (Å²) in [5.41, 5.74) is 3.56. The van der Waals surface area contributed by atoms with E-state index < -0.39 is 0 Å². The quantitative estimate of drug-likeness (QED) is 0.592. The predicted molar refractivity (Wildman–Crippen MR) is 107 cm³/mol. The van der Waals surface area contributed by atoms with Crippen LogP contribution in [0.25, 0.3) is 22.1 Å². The van der Waals surface area contributed by atoms with Gasteiger partial charge in [-0.2, -0.15) is 0 Å². The molecule has 0 atom stereocenters. The number of aromatic nitrogens is 3. The van der Waals surface area contributed by atoms with Gasteiger partial charge in [0.05, 0.1) is 0 Å². The number of piperidine rings is 1. The molecule has 0 bridgehead atoms. The molecule has 1 aromatic carbocycles. The van der Waals surface area contributed by atoms with Crippen molar-refractivity contribution < 1.29 is 4.42 Å². The van der Waals surface area contributed by atoms with Crippen LogP contribution in [0.2, 0.25) is 0 Å². The number of nitrogens with zero attached hydrogens (tertiary/aromatic N) is 4. The Morgan fingerprint density at radius 2 is 1.89 bits per heavy atom. The maximum absolute atomic E-state index is 6.08. The van der Waals surface area contributed by atoms with Gasteiger partial charge in [0.1, 0.15) is 23.2 Å². The van der Waals surface area contributed by atoms with Crippen LogP contribution >= 0.6 is 0 Å². The maximum Gasteiger partial charge on any atom is 0.196 e. The molecule has 0 amide bonds. The van der Waals surface area contributed by atoms with Crippen LogP contribution in [0.5, 0.6) is 0 Å². The number of pyridine rings is 1. The highest BCUT2D eigenvalue weighted by Crippen LogP contribution is 2.33. The molecule has 6 heteroatoms. The van der Waals surface area contributed by atoms with Gasteiger partial charge in [0.15, 0.2) is 11.4 Å². The van der Waals surface area contributed by atoms with E-state index in [-0.39, 0.29) is 0 Å². The minimum absolute atomic E-state index is 0.420. The molecule has 4 aromatic rings. The van der Waals surface area contributed by atoms with Crippen LogP contribution in [0, 0.1) is 6.92 Å². The molecule has 1 saturated heterocycles. The summed E-state index contributed by atoms with van der Waals surface area (Å²) < 4.78 is 6.08. The Bertz CT molecular complexity index is 1100. The highest BCUT2D eigenvalue weighted by Gasteiger charge is 2.24. The molecule has 0 spiro atoms. The van der Waals surface area contributed by atoms with E-state index >= 15 is 0 Å². The summed E-state index contributed by atoms with van der Waals surface area (Å²) in [6, 6.07) is 14.5. The average Bonchev–Trinajstić information content (AvgIpc) is 3.08. The molecule has 0 saturated carbocycles. The third-order valence-corrected chi connectivity index (χ3v) is 5.17. The Balaban J connectivity index is 1.36. The lowest BCUT2D eigenvalue weighted by Crippen LogP contribution is -2.39. The Kier molecular flexibility index (Phi) is 3.89. The molecule has 1 N–H and O–H groups in total. The first-order valence-electron chi connectivity index (χ1n) is 9.35. The molecule has 3 aromatic heterocycles. The summed E-state index contributed by atoms with van der Waals surface area (Å²) in [4.78, 5) is 15.8. The second-order valence-electron chi connectivity index (χ2n) is 7.04. The molecule has 1 fully saturated rings. The number of aryl methyl sites for hydroxylation is 1. The van der Waals surface area contributed by atoms with Crippen molar-refractivity contribution in [3.05, 3.63) is 54.5 Å². The number of rotatable bonds is 3. The Labute approximate surface area is 157 Å². The van der Waals surface area contributed by atoms with Crippen molar-refractivity contribution in [2.24, 2.45) is 0 Å². The van der Waals surface area contributed by atoms with Crippen LogP contribution in [-0.2, 0) is 0 Å². The molecule has 1 aliphatic heterocycles. The van der Waals surface area contributed by atoms with E-state index in [0.29, 0.717) is 6.04 Å². The SMILES string of the molecule is Cc1cccc(NC2CCN(c3ncnc4c3oc3ccccc34)CC2)n1. The van der Waals surface area contributed by atoms with Gasteiger partial charge in [-0.1, -0.05) is 18.2 Å². The van der Waals surface area contributed by atoms with Gasteiger partial charge in [-0.15, -0.1) is 0 Å². The average molecular weight is 359 g/mol. The molecule has 5 rings (SSSR count). The van der Waals surface area contributed by atoms with Crippen molar-refractivity contribution in [3.63, 3.8) is 0 Å². The first-order chi connectivity index (χ1) is 13.3. The zero-order valence-corrected chi connectivity index (χ0v) is 15.2. The molecule has 0 radical (unpaired) electrons. The number of para-hydroxylation sites is 1. The molecule has 4 heterocycles. The van der Waals surface area contributed by atoms with Gasteiger partial charge in [-0.25, -0.2) is 15.0 Å². The molecule has 136 valence electrons. The molecule has 0 aliphatic carbocycles. The van der Waals surface area contributed by atoms with Crippen LogP contribution < -0.4 is 10.2 Å². The summed E-state index contributed by atoms with van der Waals surface area (Å²) in [5.74, 6) is 1.85. The van der Waals surface area contributed by atoms with E-state index in [1.807, 2.05) is 49.4 Å². The number of hydrogen-bond acceptors (Lipinski definition) is 6. The second kappa shape index (κ2) is 6.54. The van der Waals surface area contributed by atoms with Gasteiger partial charge in [-0.3, -0.25) is 0 Å². The Morgan fingerprint density at radius 1 is 1.04 bits per heavy atom. The standard InChI is InChI=1S/C21H21N5O/c1-14-5-4-8-18(24-14)25-15-9-11-26(12-10-15)21-20-19(22-13-23-21)16-6-2-3-7-17(16)27-20/h2-8,13,15H,9-12H2,1H3,(H,24,25). The molecule has 27 heavy (non-hydrogen) atoms. The number of benzene rings is 1.